The molecule has 0 saturated carbocycles. The number of fused-ring (bicyclic) bond motifs is 1. The van der Waals surface area contributed by atoms with E-state index >= 15 is 0 Å². The van der Waals surface area contributed by atoms with E-state index in [2.05, 4.69) is 0 Å². The second kappa shape index (κ2) is 16.6. The SMILES string of the molecule is C[C@H]1O[C@@H](OC(=N)C(Cl)(Cl)Cl)C2OC(C)(C)OC2[C@H]1O[C@@H]1OC[C@@H](OCc2ccccc2)C(OCc2ccccc2)C1OCc1ccccc1. The van der Waals surface area contributed by atoms with Crippen molar-refractivity contribution in [3.63, 3.8) is 0 Å². The van der Waals surface area contributed by atoms with Crippen molar-refractivity contribution in [1.29, 1.82) is 5.41 Å². The van der Waals surface area contributed by atoms with Gasteiger partial charge in [-0.25, -0.2) is 0 Å². The molecule has 0 aliphatic carbocycles. The first-order chi connectivity index (χ1) is 24.0. The molecule has 3 heterocycles. The van der Waals surface area contributed by atoms with Crippen molar-refractivity contribution in [2.24, 2.45) is 0 Å². The first-order valence-corrected chi connectivity index (χ1v) is 17.7. The molecule has 1 N–H and O–H groups in total. The van der Waals surface area contributed by atoms with Crippen molar-refractivity contribution in [1.82, 2.24) is 0 Å². The number of hydrogen-bond acceptors (Lipinski definition) is 10. The van der Waals surface area contributed by atoms with E-state index in [9.17, 15) is 0 Å². The van der Waals surface area contributed by atoms with Crippen LogP contribution in [0, 0.1) is 5.41 Å². The van der Waals surface area contributed by atoms with Crippen LogP contribution in [-0.2, 0) is 62.5 Å². The third kappa shape index (κ3) is 9.56. The minimum Gasteiger partial charge on any atom is -0.445 e. The van der Waals surface area contributed by atoms with Gasteiger partial charge in [-0.1, -0.05) is 126 Å². The van der Waals surface area contributed by atoms with Crippen LogP contribution in [0.15, 0.2) is 91.0 Å². The standard InChI is InChI=1S/C37H42Cl3NO9/c1-23-28(30-32(50-36(2,3)49-30)34(46-23)48-35(41)37(38,39)40)47-33-31(44-21-26-17-11-6-12-18-26)29(43-20-25-15-9-5-10-16-25)27(22-45-33)42-19-24-13-7-4-8-14-24/h4-18,23,27-34,41H,19-22H2,1-3H3/t23-,27-,28+,29?,30?,31?,32?,33+,34+/m1/s1. The minimum atomic E-state index is -2.09. The molecule has 270 valence electrons. The number of rotatable bonds is 12. The van der Waals surface area contributed by atoms with Crippen molar-refractivity contribution in [2.75, 3.05) is 6.61 Å². The molecule has 3 saturated heterocycles. The van der Waals surface area contributed by atoms with Crippen molar-refractivity contribution in [3.8, 4) is 0 Å². The van der Waals surface area contributed by atoms with Crippen LogP contribution >= 0.6 is 34.8 Å². The van der Waals surface area contributed by atoms with Gasteiger partial charge in [0.1, 0.15) is 30.5 Å². The van der Waals surface area contributed by atoms with Crippen LogP contribution in [0.4, 0.5) is 0 Å². The second-order valence-electron chi connectivity index (χ2n) is 12.9. The third-order valence-corrected chi connectivity index (χ3v) is 9.13. The second-order valence-corrected chi connectivity index (χ2v) is 15.2. The van der Waals surface area contributed by atoms with Crippen LogP contribution in [0.3, 0.4) is 0 Å². The highest BCUT2D eigenvalue weighted by molar-refractivity contribution is 6.76. The maximum Gasteiger partial charge on any atom is 0.265 e. The molecule has 0 amide bonds. The summed E-state index contributed by atoms with van der Waals surface area (Å²) in [6.07, 6.45) is -6.69. The molecule has 3 aromatic carbocycles. The Balaban J connectivity index is 1.26. The number of nitrogens with one attached hydrogen (secondary N) is 1. The summed E-state index contributed by atoms with van der Waals surface area (Å²) in [5, 5.41) is 8.14. The highest BCUT2D eigenvalue weighted by Crippen LogP contribution is 2.41. The Morgan fingerprint density at radius 3 is 1.76 bits per heavy atom. The smallest absolute Gasteiger partial charge is 0.265 e. The summed E-state index contributed by atoms with van der Waals surface area (Å²) in [7, 11) is 0. The number of hydrogen-bond donors (Lipinski definition) is 1. The lowest BCUT2D eigenvalue weighted by atomic mass is 9.98. The van der Waals surface area contributed by atoms with Gasteiger partial charge in [-0.3, -0.25) is 5.41 Å². The van der Waals surface area contributed by atoms with Gasteiger partial charge in [0, 0.05) is 0 Å². The first kappa shape index (κ1) is 37.4. The molecule has 0 spiro atoms. The maximum absolute atomic E-state index is 8.14. The van der Waals surface area contributed by atoms with Gasteiger partial charge in [-0.05, 0) is 37.5 Å². The molecule has 0 aromatic heterocycles. The molecule has 3 fully saturated rings. The third-order valence-electron chi connectivity index (χ3n) is 8.61. The van der Waals surface area contributed by atoms with E-state index in [1.807, 2.05) is 97.9 Å². The Kier molecular flexibility index (Phi) is 12.4. The van der Waals surface area contributed by atoms with Crippen molar-refractivity contribution >= 4 is 40.7 Å². The fraction of sp³-hybridized carbons (Fsp3) is 0.486. The van der Waals surface area contributed by atoms with E-state index in [4.69, 9.17) is 82.8 Å². The van der Waals surface area contributed by atoms with Crippen LogP contribution in [-0.4, -0.2) is 77.4 Å². The fourth-order valence-corrected chi connectivity index (χ4v) is 6.36. The van der Waals surface area contributed by atoms with Gasteiger partial charge in [0.25, 0.3) is 3.79 Å². The maximum atomic E-state index is 8.14. The van der Waals surface area contributed by atoms with E-state index < -0.39 is 70.8 Å². The van der Waals surface area contributed by atoms with Crippen molar-refractivity contribution < 1.29 is 42.6 Å². The molecule has 3 aromatic rings. The Labute approximate surface area is 307 Å². The first-order valence-electron chi connectivity index (χ1n) is 16.5. The van der Waals surface area contributed by atoms with Gasteiger partial charge < -0.3 is 42.6 Å². The molecule has 0 radical (unpaired) electrons. The van der Waals surface area contributed by atoms with Gasteiger partial charge in [-0.2, -0.15) is 0 Å². The molecule has 0 bridgehead atoms. The summed E-state index contributed by atoms with van der Waals surface area (Å²) >= 11 is 17.7. The molecule has 13 heteroatoms. The van der Waals surface area contributed by atoms with E-state index in [-0.39, 0.29) is 13.2 Å². The van der Waals surface area contributed by atoms with E-state index in [1.54, 1.807) is 13.8 Å². The lowest BCUT2D eigenvalue weighted by molar-refractivity contribution is -0.338. The van der Waals surface area contributed by atoms with Gasteiger partial charge in [0.05, 0.1) is 32.5 Å². The largest absolute Gasteiger partial charge is 0.445 e. The summed E-state index contributed by atoms with van der Waals surface area (Å²) in [5.41, 5.74) is 3.00. The van der Waals surface area contributed by atoms with Crippen molar-refractivity contribution in [2.45, 2.75) is 105 Å². The summed E-state index contributed by atoms with van der Waals surface area (Å²) in [5.74, 6) is -1.63. The molecule has 50 heavy (non-hydrogen) atoms. The molecule has 3 aliphatic heterocycles. The van der Waals surface area contributed by atoms with Crippen LogP contribution in [0.1, 0.15) is 37.5 Å². The topological polar surface area (TPSA) is 107 Å². The number of halogens is 3. The Morgan fingerprint density at radius 1 is 0.720 bits per heavy atom. The van der Waals surface area contributed by atoms with E-state index in [0.29, 0.717) is 13.2 Å². The molecular formula is C37H42Cl3NO9. The quantitative estimate of drug-likeness (QED) is 0.118. The summed E-state index contributed by atoms with van der Waals surface area (Å²) in [6, 6.07) is 29.7. The molecule has 3 aliphatic rings. The normalized spacial score (nSPS) is 30.8. The van der Waals surface area contributed by atoms with Gasteiger partial charge >= 0.3 is 0 Å². The lowest BCUT2D eigenvalue weighted by Gasteiger charge is -2.46. The number of ether oxygens (including phenoxy) is 9. The molecule has 9 atom stereocenters. The molecule has 4 unspecified atom stereocenters. The predicted molar refractivity (Wildman–Crippen MR) is 187 cm³/mol. The Hall–Kier alpha value is -2.32. The molecular weight excluding hydrogens is 709 g/mol. The van der Waals surface area contributed by atoms with Gasteiger partial charge in [0.2, 0.25) is 12.2 Å². The summed E-state index contributed by atoms with van der Waals surface area (Å²) < 4.78 is 55.3. The van der Waals surface area contributed by atoms with E-state index in [0.717, 1.165) is 16.7 Å². The Morgan fingerprint density at radius 2 is 1.22 bits per heavy atom. The van der Waals surface area contributed by atoms with Crippen LogP contribution in [0.5, 0.6) is 0 Å². The summed E-state index contributed by atoms with van der Waals surface area (Å²) in [4.78, 5) is 0. The highest BCUT2D eigenvalue weighted by Gasteiger charge is 2.58. The molecule has 10 nitrogen and oxygen atoms in total. The van der Waals surface area contributed by atoms with Gasteiger partial charge in [0.15, 0.2) is 18.2 Å². The highest BCUT2D eigenvalue weighted by atomic mass is 35.6. The number of benzene rings is 3. The van der Waals surface area contributed by atoms with Crippen LogP contribution < -0.4 is 0 Å². The monoisotopic (exact) mass is 749 g/mol. The average Bonchev–Trinajstić information content (AvgIpc) is 3.43. The fourth-order valence-electron chi connectivity index (χ4n) is 6.23. The van der Waals surface area contributed by atoms with Gasteiger partial charge in [-0.15, -0.1) is 0 Å². The lowest BCUT2D eigenvalue weighted by Crippen LogP contribution is -2.62. The zero-order valence-electron chi connectivity index (χ0n) is 28.0. The minimum absolute atomic E-state index is 0.174. The van der Waals surface area contributed by atoms with Crippen LogP contribution in [0.25, 0.3) is 0 Å². The predicted octanol–water partition coefficient (Wildman–Crippen LogP) is 7.11. The zero-order valence-corrected chi connectivity index (χ0v) is 30.3. The zero-order chi connectivity index (χ0) is 35.3. The average molecular weight is 751 g/mol. The number of alkyl halides is 3. The van der Waals surface area contributed by atoms with E-state index in [1.165, 1.54) is 0 Å². The van der Waals surface area contributed by atoms with Crippen LogP contribution in [0.2, 0.25) is 0 Å². The Bertz CT molecular complexity index is 1510. The summed E-state index contributed by atoms with van der Waals surface area (Å²) in [6.45, 7) is 6.48. The molecule has 6 rings (SSSR count). The van der Waals surface area contributed by atoms with Crippen molar-refractivity contribution in [3.05, 3.63) is 108 Å².